The lowest BCUT2D eigenvalue weighted by atomic mass is 10.2. The molecule has 1 aromatic rings. The van der Waals surface area contributed by atoms with E-state index in [0.717, 1.165) is 13.1 Å². The fraction of sp³-hybridized carbons (Fsp3) is 0.706. The van der Waals surface area contributed by atoms with Crippen LogP contribution in [-0.2, 0) is 38.2 Å². The summed E-state index contributed by atoms with van der Waals surface area (Å²) in [6.45, 7) is 9.48. The van der Waals surface area contributed by atoms with Crippen LogP contribution in [0, 0.1) is 0 Å². The van der Waals surface area contributed by atoms with Crippen molar-refractivity contribution in [1.82, 2.24) is 25.2 Å². The quantitative estimate of drug-likeness (QED) is 0.309. The molecule has 28 heavy (non-hydrogen) atoms. The van der Waals surface area contributed by atoms with Gasteiger partial charge < -0.3 is 14.8 Å². The molecule has 11 heteroatoms. The van der Waals surface area contributed by atoms with Crippen molar-refractivity contribution in [3.8, 4) is 0 Å². The van der Waals surface area contributed by atoms with Crippen molar-refractivity contribution in [2.75, 3.05) is 52.3 Å². The lowest BCUT2D eigenvalue weighted by molar-refractivity contribution is -0.117. The molecule has 1 aliphatic rings. The van der Waals surface area contributed by atoms with Gasteiger partial charge in [0.15, 0.2) is 0 Å². The molecule has 2 rings (SSSR count). The molecule has 1 amide bonds. The smallest absolute Gasteiger partial charge is 0.291 e. The number of hydrogen-bond donors (Lipinski definition) is 2. The van der Waals surface area contributed by atoms with Crippen LogP contribution in [0.15, 0.2) is 16.9 Å². The predicted octanol–water partition coefficient (Wildman–Crippen LogP) is -1.14. The second kappa shape index (κ2) is 11.2. The van der Waals surface area contributed by atoms with Gasteiger partial charge in [-0.3, -0.25) is 18.7 Å². The predicted molar refractivity (Wildman–Crippen MR) is 105 cm³/mol. The Balaban J connectivity index is 1.53. The van der Waals surface area contributed by atoms with E-state index in [9.17, 15) is 13.8 Å². The van der Waals surface area contributed by atoms with Crippen LogP contribution >= 0.6 is 0 Å². The Hall–Kier alpha value is -1.82. The van der Waals surface area contributed by atoms with Crippen LogP contribution in [0.3, 0.4) is 0 Å². The fourth-order valence-corrected chi connectivity index (χ4v) is 3.40. The van der Waals surface area contributed by atoms with E-state index in [-0.39, 0.29) is 16.7 Å². The van der Waals surface area contributed by atoms with Crippen LogP contribution in [0.4, 0.5) is 0 Å². The number of likely N-dealkylation sites (tertiary alicyclic amines) is 1. The number of amides is 1. The third-order valence-electron chi connectivity index (χ3n) is 4.31. The summed E-state index contributed by atoms with van der Waals surface area (Å²) in [5.74, 6) is -0.182. The third-order valence-corrected chi connectivity index (χ3v) is 5.55. The molecule has 1 atom stereocenters. The minimum atomic E-state index is -0.818. The van der Waals surface area contributed by atoms with E-state index in [4.69, 9.17) is 9.47 Å². The van der Waals surface area contributed by atoms with Crippen molar-refractivity contribution in [3.05, 3.63) is 28.2 Å². The van der Waals surface area contributed by atoms with Gasteiger partial charge in [-0.15, -0.1) is 0 Å². The van der Waals surface area contributed by atoms with E-state index >= 15 is 0 Å². The average molecular weight is 416 g/mol. The van der Waals surface area contributed by atoms with Crippen LogP contribution in [0.1, 0.15) is 12.6 Å². The van der Waals surface area contributed by atoms with Crippen LogP contribution in [-0.4, -0.2) is 87.6 Å². The van der Waals surface area contributed by atoms with Gasteiger partial charge >= 0.3 is 0 Å². The van der Waals surface area contributed by atoms with Gasteiger partial charge in [-0.1, -0.05) is 6.58 Å². The van der Waals surface area contributed by atoms with Crippen molar-refractivity contribution < 1.29 is 18.5 Å². The van der Waals surface area contributed by atoms with Gasteiger partial charge in [-0.2, -0.15) is 5.10 Å². The first kappa shape index (κ1) is 22.5. The number of nitrogens with one attached hydrogen (secondary N) is 2. The first-order valence-electron chi connectivity index (χ1n) is 9.16. The van der Waals surface area contributed by atoms with Crippen molar-refractivity contribution in [3.63, 3.8) is 0 Å². The van der Waals surface area contributed by atoms with E-state index in [2.05, 4.69) is 27.1 Å². The van der Waals surface area contributed by atoms with Gasteiger partial charge in [0.25, 0.3) is 5.56 Å². The van der Waals surface area contributed by atoms with E-state index in [0.29, 0.717) is 57.3 Å². The van der Waals surface area contributed by atoms with Crippen LogP contribution < -0.4 is 10.9 Å². The minimum absolute atomic E-state index is 0.158. The third kappa shape index (κ3) is 6.97. The molecular formula is C17H29N5O5S. The number of hydrogen-bond acceptors (Lipinski definition) is 7. The standard InChI is InChI=1S/C17H29N5O5S/c1-13(2)16(23)18-4-6-26-8-9-27-7-5-22-17(24)15(19-20-22)12-21-10-14(11-21)28(3)25/h14,20H,1,4-12H2,2-3H3,(H,18,23). The molecule has 2 heterocycles. The highest BCUT2D eigenvalue weighted by atomic mass is 32.2. The summed E-state index contributed by atoms with van der Waals surface area (Å²) in [7, 11) is -0.818. The summed E-state index contributed by atoms with van der Waals surface area (Å²) in [6, 6.07) is 0. The zero-order valence-corrected chi connectivity index (χ0v) is 17.3. The number of ether oxygens (including phenoxy) is 2. The Labute approximate surface area is 166 Å². The SMILES string of the molecule is C=C(C)C(=O)NCCOCCOCCn1[nH]nc(CN2CC(S(C)=O)C2)c1=O. The van der Waals surface area contributed by atoms with Crippen molar-refractivity contribution in [2.45, 2.75) is 25.3 Å². The Bertz CT molecular complexity index is 741. The van der Waals surface area contributed by atoms with Crippen LogP contribution in [0.5, 0.6) is 0 Å². The maximum Gasteiger partial charge on any atom is 0.291 e. The van der Waals surface area contributed by atoms with Gasteiger partial charge in [0, 0.05) is 48.8 Å². The van der Waals surface area contributed by atoms with Gasteiger partial charge in [0.1, 0.15) is 5.69 Å². The largest absolute Gasteiger partial charge is 0.377 e. The number of nitrogens with zero attached hydrogens (tertiary/aromatic N) is 3. The second-order valence-electron chi connectivity index (χ2n) is 6.69. The number of carbonyl (C=O) groups excluding carboxylic acids is 1. The van der Waals surface area contributed by atoms with Crippen molar-refractivity contribution in [2.24, 2.45) is 0 Å². The molecule has 10 nitrogen and oxygen atoms in total. The van der Waals surface area contributed by atoms with Crippen LogP contribution in [0.2, 0.25) is 0 Å². The molecule has 0 saturated carbocycles. The molecule has 0 aliphatic carbocycles. The van der Waals surface area contributed by atoms with Crippen molar-refractivity contribution >= 4 is 16.7 Å². The normalized spacial score (nSPS) is 15.9. The minimum Gasteiger partial charge on any atom is -0.377 e. The van der Waals surface area contributed by atoms with E-state index < -0.39 is 10.8 Å². The first-order chi connectivity index (χ1) is 13.4. The van der Waals surface area contributed by atoms with Gasteiger partial charge in [0.05, 0.1) is 38.2 Å². The topological polar surface area (TPSA) is 119 Å². The molecule has 1 fully saturated rings. The van der Waals surface area contributed by atoms with Gasteiger partial charge in [-0.05, 0) is 6.92 Å². The lowest BCUT2D eigenvalue weighted by Crippen LogP contribution is -2.52. The highest BCUT2D eigenvalue weighted by Gasteiger charge is 2.30. The number of rotatable bonds is 13. The summed E-state index contributed by atoms with van der Waals surface area (Å²) in [5, 5.41) is 9.64. The molecule has 1 aromatic heterocycles. The molecule has 2 N–H and O–H groups in total. The monoisotopic (exact) mass is 415 g/mol. The maximum absolute atomic E-state index is 12.3. The molecule has 1 aliphatic heterocycles. The summed E-state index contributed by atoms with van der Waals surface area (Å²) in [6.07, 6.45) is 1.70. The summed E-state index contributed by atoms with van der Waals surface area (Å²) >= 11 is 0. The lowest BCUT2D eigenvalue weighted by Gasteiger charge is -2.37. The van der Waals surface area contributed by atoms with Crippen LogP contribution in [0.25, 0.3) is 0 Å². The molecule has 1 saturated heterocycles. The molecule has 0 aromatic carbocycles. The number of H-pyrrole nitrogens is 1. The first-order valence-corrected chi connectivity index (χ1v) is 10.8. The second-order valence-corrected chi connectivity index (χ2v) is 8.35. The zero-order valence-electron chi connectivity index (χ0n) is 16.4. The molecule has 0 spiro atoms. The molecular weight excluding hydrogens is 386 g/mol. The van der Waals surface area contributed by atoms with E-state index in [1.54, 1.807) is 13.2 Å². The highest BCUT2D eigenvalue weighted by Crippen LogP contribution is 2.14. The molecule has 0 bridgehead atoms. The van der Waals surface area contributed by atoms with E-state index in [1.165, 1.54) is 4.68 Å². The van der Waals surface area contributed by atoms with Gasteiger partial charge in [0.2, 0.25) is 5.91 Å². The fourth-order valence-electron chi connectivity index (χ4n) is 2.56. The maximum atomic E-state index is 12.3. The summed E-state index contributed by atoms with van der Waals surface area (Å²) in [5.41, 5.74) is 0.765. The van der Waals surface area contributed by atoms with Crippen molar-refractivity contribution in [1.29, 1.82) is 0 Å². The highest BCUT2D eigenvalue weighted by molar-refractivity contribution is 7.85. The van der Waals surface area contributed by atoms with Gasteiger partial charge in [-0.25, -0.2) is 9.90 Å². The Kier molecular flexibility index (Phi) is 9.03. The molecule has 1 unspecified atom stereocenters. The molecule has 158 valence electrons. The summed E-state index contributed by atoms with van der Waals surface area (Å²) < 4.78 is 23.6. The summed E-state index contributed by atoms with van der Waals surface area (Å²) in [4.78, 5) is 25.6. The molecule has 0 radical (unpaired) electrons. The Morgan fingerprint density at radius 1 is 1.32 bits per heavy atom. The number of aromatic amines is 1. The Morgan fingerprint density at radius 2 is 2.00 bits per heavy atom. The number of aromatic nitrogens is 3. The zero-order chi connectivity index (χ0) is 20.5. The average Bonchev–Trinajstić information content (AvgIpc) is 2.95. The van der Waals surface area contributed by atoms with E-state index in [1.807, 2.05) is 0 Å². The number of carbonyl (C=O) groups is 1. The Morgan fingerprint density at radius 3 is 2.64 bits per heavy atom.